The quantitative estimate of drug-likeness (QED) is 0.866. The van der Waals surface area contributed by atoms with Crippen molar-refractivity contribution in [2.45, 2.75) is 31.8 Å². The molecule has 2 rings (SSSR count). The van der Waals surface area contributed by atoms with Crippen molar-refractivity contribution >= 4 is 0 Å². The second-order valence-corrected chi connectivity index (χ2v) is 5.38. The minimum Gasteiger partial charge on any atom is -0.497 e. The molecule has 1 fully saturated rings. The van der Waals surface area contributed by atoms with Crippen LogP contribution in [0.1, 0.15) is 31.4 Å². The molecule has 1 aliphatic rings. The third-order valence-electron chi connectivity index (χ3n) is 4.25. The van der Waals surface area contributed by atoms with Crippen molar-refractivity contribution in [2.75, 3.05) is 34.4 Å². The minimum atomic E-state index is 0.334. The predicted molar refractivity (Wildman–Crippen MR) is 81.6 cm³/mol. The molecule has 4 nitrogen and oxygen atoms in total. The first kappa shape index (κ1) is 15.1. The molecule has 1 aromatic carbocycles. The number of hydrogen-bond acceptors (Lipinski definition) is 4. The van der Waals surface area contributed by atoms with E-state index in [1.165, 1.54) is 18.4 Å². The number of ether oxygens (including phenoxy) is 2. The molecule has 0 aromatic heterocycles. The highest BCUT2D eigenvalue weighted by Crippen LogP contribution is 2.35. The summed E-state index contributed by atoms with van der Waals surface area (Å²) in [6.45, 7) is 4.44. The van der Waals surface area contributed by atoms with Gasteiger partial charge in [0.15, 0.2) is 0 Å². The Morgan fingerprint density at radius 1 is 1.35 bits per heavy atom. The summed E-state index contributed by atoms with van der Waals surface area (Å²) < 4.78 is 10.9. The Morgan fingerprint density at radius 2 is 2.15 bits per heavy atom. The maximum absolute atomic E-state index is 5.52. The van der Waals surface area contributed by atoms with Crippen molar-refractivity contribution in [3.8, 4) is 11.5 Å². The van der Waals surface area contributed by atoms with Crippen molar-refractivity contribution in [2.24, 2.45) is 0 Å². The van der Waals surface area contributed by atoms with Crippen LogP contribution in [0, 0.1) is 0 Å². The van der Waals surface area contributed by atoms with E-state index in [1.54, 1.807) is 14.2 Å². The number of rotatable bonds is 6. The molecule has 4 heteroatoms. The van der Waals surface area contributed by atoms with E-state index in [0.29, 0.717) is 12.1 Å². The average molecular weight is 278 g/mol. The lowest BCUT2D eigenvalue weighted by atomic mass is 10.0. The molecule has 2 unspecified atom stereocenters. The largest absolute Gasteiger partial charge is 0.497 e. The van der Waals surface area contributed by atoms with E-state index in [0.717, 1.165) is 24.6 Å². The summed E-state index contributed by atoms with van der Waals surface area (Å²) in [5.41, 5.74) is 1.20. The summed E-state index contributed by atoms with van der Waals surface area (Å²) in [4.78, 5) is 2.56. The van der Waals surface area contributed by atoms with Crippen LogP contribution in [-0.4, -0.2) is 45.3 Å². The van der Waals surface area contributed by atoms with Crippen molar-refractivity contribution < 1.29 is 9.47 Å². The lowest BCUT2D eigenvalue weighted by molar-refractivity contribution is 0.187. The molecule has 1 N–H and O–H groups in total. The van der Waals surface area contributed by atoms with Gasteiger partial charge in [-0.25, -0.2) is 0 Å². The molecule has 1 saturated heterocycles. The van der Waals surface area contributed by atoms with Crippen LogP contribution in [0.4, 0.5) is 0 Å². The third-order valence-corrected chi connectivity index (χ3v) is 4.25. The van der Waals surface area contributed by atoms with E-state index in [2.05, 4.69) is 23.2 Å². The van der Waals surface area contributed by atoms with E-state index in [1.807, 2.05) is 19.2 Å². The van der Waals surface area contributed by atoms with Crippen LogP contribution in [0.2, 0.25) is 0 Å². The molecular formula is C16H26N2O2. The minimum absolute atomic E-state index is 0.334. The molecule has 0 amide bonds. The SMILES string of the molecule is CNCC1CCCN1C(C)c1cc(OC)ccc1OC. The zero-order valence-corrected chi connectivity index (χ0v) is 13.0. The Hall–Kier alpha value is -1.26. The molecule has 112 valence electrons. The third kappa shape index (κ3) is 3.07. The van der Waals surface area contributed by atoms with Crippen LogP contribution in [0.3, 0.4) is 0 Å². The standard InChI is InChI=1S/C16H26N2O2/c1-12(18-9-5-6-13(18)11-17-2)15-10-14(19-3)7-8-16(15)20-4/h7-8,10,12-13,17H,5-6,9,11H2,1-4H3. The van der Waals surface area contributed by atoms with Gasteiger partial charge < -0.3 is 14.8 Å². The highest BCUT2D eigenvalue weighted by atomic mass is 16.5. The number of hydrogen-bond donors (Lipinski definition) is 1. The molecule has 0 saturated carbocycles. The van der Waals surface area contributed by atoms with Crippen LogP contribution in [0.5, 0.6) is 11.5 Å². The fourth-order valence-corrected chi connectivity index (χ4v) is 3.17. The molecule has 0 spiro atoms. The lowest BCUT2D eigenvalue weighted by Crippen LogP contribution is -2.38. The summed E-state index contributed by atoms with van der Waals surface area (Å²) in [6, 6.07) is 6.97. The number of likely N-dealkylation sites (tertiary alicyclic amines) is 1. The smallest absolute Gasteiger partial charge is 0.123 e. The lowest BCUT2D eigenvalue weighted by Gasteiger charge is -2.31. The molecule has 20 heavy (non-hydrogen) atoms. The van der Waals surface area contributed by atoms with Gasteiger partial charge in [-0.3, -0.25) is 4.90 Å². The van der Waals surface area contributed by atoms with E-state index in [-0.39, 0.29) is 0 Å². The zero-order chi connectivity index (χ0) is 14.5. The van der Waals surface area contributed by atoms with E-state index in [4.69, 9.17) is 9.47 Å². The van der Waals surface area contributed by atoms with Gasteiger partial charge in [0.25, 0.3) is 0 Å². The van der Waals surface area contributed by atoms with Gasteiger partial charge in [-0.15, -0.1) is 0 Å². The second-order valence-electron chi connectivity index (χ2n) is 5.38. The van der Waals surface area contributed by atoms with Crippen molar-refractivity contribution in [1.29, 1.82) is 0 Å². The summed E-state index contributed by atoms with van der Waals surface area (Å²) in [5, 5.41) is 3.30. The summed E-state index contributed by atoms with van der Waals surface area (Å²) in [5.74, 6) is 1.82. The van der Waals surface area contributed by atoms with Gasteiger partial charge in [0, 0.05) is 24.2 Å². The van der Waals surface area contributed by atoms with Crippen LogP contribution < -0.4 is 14.8 Å². The van der Waals surface area contributed by atoms with Gasteiger partial charge in [0.1, 0.15) is 11.5 Å². The first-order valence-corrected chi connectivity index (χ1v) is 7.33. The monoisotopic (exact) mass is 278 g/mol. The Morgan fingerprint density at radius 3 is 2.80 bits per heavy atom. The molecule has 0 radical (unpaired) electrons. The molecular weight excluding hydrogens is 252 g/mol. The second kappa shape index (κ2) is 6.95. The van der Waals surface area contributed by atoms with Crippen LogP contribution in [0.15, 0.2) is 18.2 Å². The number of nitrogens with one attached hydrogen (secondary N) is 1. The fourth-order valence-electron chi connectivity index (χ4n) is 3.17. The van der Waals surface area contributed by atoms with Crippen molar-refractivity contribution in [3.63, 3.8) is 0 Å². The van der Waals surface area contributed by atoms with Gasteiger partial charge in [-0.1, -0.05) is 0 Å². The highest BCUT2D eigenvalue weighted by Gasteiger charge is 2.30. The highest BCUT2D eigenvalue weighted by molar-refractivity contribution is 5.42. The van der Waals surface area contributed by atoms with Crippen LogP contribution in [0.25, 0.3) is 0 Å². The molecule has 0 bridgehead atoms. The van der Waals surface area contributed by atoms with Gasteiger partial charge in [-0.05, 0) is 51.6 Å². The Kier molecular flexibility index (Phi) is 5.26. The average Bonchev–Trinajstić information content (AvgIpc) is 2.94. The topological polar surface area (TPSA) is 33.7 Å². The van der Waals surface area contributed by atoms with E-state index >= 15 is 0 Å². The first-order valence-electron chi connectivity index (χ1n) is 7.33. The van der Waals surface area contributed by atoms with Crippen molar-refractivity contribution in [3.05, 3.63) is 23.8 Å². The molecule has 2 atom stereocenters. The number of methoxy groups -OCH3 is 2. The van der Waals surface area contributed by atoms with Gasteiger partial charge >= 0.3 is 0 Å². The Balaban J connectivity index is 2.24. The maximum Gasteiger partial charge on any atom is 0.123 e. The zero-order valence-electron chi connectivity index (χ0n) is 13.0. The molecule has 1 heterocycles. The summed E-state index contributed by atoms with van der Waals surface area (Å²) >= 11 is 0. The predicted octanol–water partition coefficient (Wildman–Crippen LogP) is 2.45. The van der Waals surface area contributed by atoms with Crippen molar-refractivity contribution in [1.82, 2.24) is 10.2 Å². The first-order chi connectivity index (χ1) is 9.71. The Labute approximate surface area is 122 Å². The maximum atomic E-state index is 5.52. The molecule has 1 aliphatic heterocycles. The van der Waals surface area contributed by atoms with Gasteiger partial charge in [0.2, 0.25) is 0 Å². The fraction of sp³-hybridized carbons (Fsp3) is 0.625. The van der Waals surface area contributed by atoms with Gasteiger partial charge in [-0.2, -0.15) is 0 Å². The molecule has 0 aliphatic carbocycles. The molecule has 1 aromatic rings. The normalized spacial score (nSPS) is 20.9. The number of benzene rings is 1. The van der Waals surface area contributed by atoms with Crippen LogP contribution in [-0.2, 0) is 0 Å². The van der Waals surface area contributed by atoms with E-state index in [9.17, 15) is 0 Å². The van der Waals surface area contributed by atoms with E-state index < -0.39 is 0 Å². The Bertz CT molecular complexity index is 436. The van der Waals surface area contributed by atoms with Gasteiger partial charge in [0.05, 0.1) is 14.2 Å². The number of likely N-dealkylation sites (N-methyl/N-ethyl adjacent to an activating group) is 1. The summed E-state index contributed by atoms with van der Waals surface area (Å²) in [7, 11) is 5.45. The summed E-state index contributed by atoms with van der Waals surface area (Å²) in [6.07, 6.45) is 2.53. The number of nitrogens with zero attached hydrogens (tertiary/aromatic N) is 1. The van der Waals surface area contributed by atoms with Crippen LogP contribution >= 0.6 is 0 Å².